The first-order valence-electron chi connectivity index (χ1n) is 8.54. The van der Waals surface area contributed by atoms with Gasteiger partial charge in [0.05, 0.1) is 0 Å². The molecule has 0 saturated carbocycles. The molecule has 0 atom stereocenters. The zero-order valence-electron chi connectivity index (χ0n) is 14.4. The highest BCUT2D eigenvalue weighted by Crippen LogP contribution is 2.13. The number of carbonyl (C=O) groups excluding carboxylic acids is 1. The normalized spacial score (nSPS) is 15.2. The topological polar surface area (TPSA) is 48.5 Å². The molecule has 1 aliphatic rings. The number of amides is 1. The number of nitrogens with zero attached hydrogens (tertiary/aromatic N) is 3. The van der Waals surface area contributed by atoms with E-state index in [9.17, 15) is 4.79 Å². The van der Waals surface area contributed by atoms with Crippen LogP contribution >= 0.6 is 11.6 Å². The van der Waals surface area contributed by atoms with Crippen molar-refractivity contribution in [2.45, 2.75) is 6.42 Å². The molecule has 1 aliphatic heterocycles. The quantitative estimate of drug-likeness (QED) is 0.892. The van der Waals surface area contributed by atoms with Gasteiger partial charge in [-0.05, 0) is 43.3 Å². The fraction of sp³-hybridized carbons (Fsp3) is 0.368. The number of benzene rings is 1. The molecule has 25 heavy (non-hydrogen) atoms. The number of hydrogen-bond donors (Lipinski definition) is 1. The molecule has 0 aliphatic carbocycles. The molecule has 0 bridgehead atoms. The first-order valence-corrected chi connectivity index (χ1v) is 8.92. The van der Waals surface area contributed by atoms with Crippen LogP contribution in [0.2, 0.25) is 5.02 Å². The Labute approximate surface area is 153 Å². The average Bonchev–Trinajstić information content (AvgIpc) is 2.62. The molecule has 0 spiro atoms. The summed E-state index contributed by atoms with van der Waals surface area (Å²) in [7, 11) is 2.08. The zero-order chi connectivity index (χ0) is 17.6. The van der Waals surface area contributed by atoms with Crippen molar-refractivity contribution >= 4 is 23.3 Å². The summed E-state index contributed by atoms with van der Waals surface area (Å²) in [4.78, 5) is 21.1. The summed E-state index contributed by atoms with van der Waals surface area (Å²) in [6.07, 6.45) is 2.53. The van der Waals surface area contributed by atoms with Gasteiger partial charge in [0.2, 0.25) is 0 Å². The number of aromatic nitrogens is 1. The maximum Gasteiger partial charge on any atom is 0.254 e. The minimum absolute atomic E-state index is 0.0772. The lowest BCUT2D eigenvalue weighted by atomic mass is 10.1. The summed E-state index contributed by atoms with van der Waals surface area (Å²) in [5, 5.41) is 4.03. The van der Waals surface area contributed by atoms with Crippen molar-refractivity contribution in [3.63, 3.8) is 0 Å². The Hall–Kier alpha value is -2.11. The molecular weight excluding hydrogens is 336 g/mol. The van der Waals surface area contributed by atoms with Crippen LogP contribution in [0.15, 0.2) is 42.6 Å². The molecule has 0 radical (unpaired) electrons. The van der Waals surface area contributed by atoms with E-state index in [1.165, 1.54) is 5.56 Å². The second kappa shape index (κ2) is 8.32. The molecule has 5 nitrogen and oxygen atoms in total. The lowest BCUT2D eigenvalue weighted by Gasteiger charge is -2.32. The molecule has 1 amide bonds. The van der Waals surface area contributed by atoms with Crippen molar-refractivity contribution in [2.24, 2.45) is 0 Å². The Balaban J connectivity index is 1.56. The van der Waals surface area contributed by atoms with Gasteiger partial charge in [-0.25, -0.2) is 4.98 Å². The molecule has 2 aromatic rings. The second-order valence-corrected chi connectivity index (χ2v) is 6.77. The average molecular weight is 359 g/mol. The lowest BCUT2D eigenvalue weighted by molar-refractivity contribution is 0.0664. The fourth-order valence-electron chi connectivity index (χ4n) is 2.88. The predicted octanol–water partition coefficient (Wildman–Crippen LogP) is 2.78. The van der Waals surface area contributed by atoms with Crippen LogP contribution in [-0.2, 0) is 6.42 Å². The van der Waals surface area contributed by atoms with Gasteiger partial charge in [-0.2, -0.15) is 0 Å². The Bertz CT molecular complexity index is 729. The van der Waals surface area contributed by atoms with E-state index >= 15 is 0 Å². The highest BCUT2D eigenvalue weighted by molar-refractivity contribution is 6.30. The van der Waals surface area contributed by atoms with Crippen LogP contribution in [0, 0.1) is 0 Å². The first-order chi connectivity index (χ1) is 12.1. The van der Waals surface area contributed by atoms with Gasteiger partial charge in [-0.15, -0.1) is 0 Å². The third-order valence-corrected chi connectivity index (χ3v) is 4.64. The third kappa shape index (κ3) is 4.94. The zero-order valence-corrected chi connectivity index (χ0v) is 15.2. The van der Waals surface area contributed by atoms with E-state index in [0.717, 1.165) is 50.0 Å². The number of piperazine rings is 1. The number of rotatable bonds is 5. The minimum atomic E-state index is 0.0772. The number of pyridine rings is 1. The van der Waals surface area contributed by atoms with Gasteiger partial charge in [-0.3, -0.25) is 4.79 Å². The third-order valence-electron chi connectivity index (χ3n) is 4.41. The van der Waals surface area contributed by atoms with Crippen molar-refractivity contribution in [1.82, 2.24) is 14.8 Å². The van der Waals surface area contributed by atoms with Crippen LogP contribution < -0.4 is 5.32 Å². The maximum atomic E-state index is 12.6. The standard InChI is InChI=1S/C19H23ClN4O/c1-23-9-11-24(12-10-23)19(25)16-6-8-22-18(14-16)21-7-5-15-3-2-4-17(20)13-15/h2-4,6,8,13-14H,5,7,9-12H2,1H3,(H,21,22). The Morgan fingerprint density at radius 3 is 2.76 bits per heavy atom. The minimum Gasteiger partial charge on any atom is -0.370 e. The molecule has 2 heterocycles. The fourth-order valence-corrected chi connectivity index (χ4v) is 3.09. The molecule has 132 valence electrons. The van der Waals surface area contributed by atoms with Gasteiger partial charge in [0, 0.05) is 49.5 Å². The predicted molar refractivity (Wildman–Crippen MR) is 101 cm³/mol. The number of likely N-dealkylation sites (N-methyl/N-ethyl adjacent to an activating group) is 1. The lowest BCUT2D eigenvalue weighted by Crippen LogP contribution is -2.47. The second-order valence-electron chi connectivity index (χ2n) is 6.33. The number of carbonyl (C=O) groups is 1. The summed E-state index contributed by atoms with van der Waals surface area (Å²) in [5.41, 5.74) is 1.86. The Morgan fingerprint density at radius 1 is 1.20 bits per heavy atom. The summed E-state index contributed by atoms with van der Waals surface area (Å²) >= 11 is 6.00. The molecular formula is C19H23ClN4O. The Morgan fingerprint density at radius 2 is 2.00 bits per heavy atom. The van der Waals surface area contributed by atoms with Crippen molar-refractivity contribution in [2.75, 3.05) is 45.1 Å². The summed E-state index contributed by atoms with van der Waals surface area (Å²) in [6.45, 7) is 4.12. The highest BCUT2D eigenvalue weighted by atomic mass is 35.5. The summed E-state index contributed by atoms with van der Waals surface area (Å²) < 4.78 is 0. The Kier molecular flexibility index (Phi) is 5.89. The maximum absolute atomic E-state index is 12.6. The van der Waals surface area contributed by atoms with Gasteiger partial charge < -0.3 is 15.1 Å². The van der Waals surface area contributed by atoms with Crippen molar-refractivity contribution in [1.29, 1.82) is 0 Å². The van der Waals surface area contributed by atoms with Crippen molar-refractivity contribution < 1.29 is 4.79 Å². The van der Waals surface area contributed by atoms with Crippen LogP contribution in [0.5, 0.6) is 0 Å². The van der Waals surface area contributed by atoms with E-state index in [1.807, 2.05) is 35.2 Å². The van der Waals surface area contributed by atoms with Crippen LogP contribution in [-0.4, -0.2) is 60.5 Å². The monoisotopic (exact) mass is 358 g/mol. The molecule has 1 saturated heterocycles. The summed E-state index contributed by atoms with van der Waals surface area (Å²) in [6, 6.07) is 11.4. The van der Waals surface area contributed by atoms with Crippen LogP contribution in [0.1, 0.15) is 15.9 Å². The van der Waals surface area contributed by atoms with Crippen molar-refractivity contribution in [3.05, 3.63) is 58.7 Å². The molecule has 1 N–H and O–H groups in total. The molecule has 1 aromatic heterocycles. The molecule has 1 aromatic carbocycles. The molecule has 6 heteroatoms. The van der Waals surface area contributed by atoms with Crippen LogP contribution in [0.25, 0.3) is 0 Å². The molecule has 0 unspecified atom stereocenters. The van der Waals surface area contributed by atoms with E-state index in [-0.39, 0.29) is 5.91 Å². The largest absolute Gasteiger partial charge is 0.370 e. The molecule has 1 fully saturated rings. The van der Waals surface area contributed by atoms with E-state index in [0.29, 0.717) is 5.56 Å². The number of nitrogens with one attached hydrogen (secondary N) is 1. The molecule has 3 rings (SSSR count). The summed E-state index contributed by atoms with van der Waals surface area (Å²) in [5.74, 6) is 0.801. The van der Waals surface area contributed by atoms with E-state index in [4.69, 9.17) is 11.6 Å². The number of halogens is 1. The van der Waals surface area contributed by atoms with Crippen LogP contribution in [0.4, 0.5) is 5.82 Å². The smallest absolute Gasteiger partial charge is 0.254 e. The first kappa shape index (κ1) is 17.7. The van der Waals surface area contributed by atoms with Crippen molar-refractivity contribution in [3.8, 4) is 0 Å². The van der Waals surface area contributed by atoms with Gasteiger partial charge in [0.25, 0.3) is 5.91 Å². The van der Waals surface area contributed by atoms with Gasteiger partial charge in [-0.1, -0.05) is 23.7 Å². The van der Waals surface area contributed by atoms with Crippen LogP contribution in [0.3, 0.4) is 0 Å². The van der Waals surface area contributed by atoms with Gasteiger partial charge in [0.1, 0.15) is 5.82 Å². The van der Waals surface area contributed by atoms with Gasteiger partial charge in [0.15, 0.2) is 0 Å². The SMILES string of the molecule is CN1CCN(C(=O)c2ccnc(NCCc3cccc(Cl)c3)c2)CC1. The van der Waals surface area contributed by atoms with E-state index < -0.39 is 0 Å². The highest BCUT2D eigenvalue weighted by Gasteiger charge is 2.20. The number of anilines is 1. The van der Waals surface area contributed by atoms with Gasteiger partial charge >= 0.3 is 0 Å². The number of hydrogen-bond acceptors (Lipinski definition) is 4. The van der Waals surface area contributed by atoms with E-state index in [1.54, 1.807) is 12.3 Å². The van der Waals surface area contributed by atoms with E-state index in [2.05, 4.69) is 22.2 Å².